The monoisotopic (exact) mass is 285 g/mol. The van der Waals surface area contributed by atoms with Crippen molar-refractivity contribution in [1.82, 2.24) is 4.72 Å². The number of sulfonamides is 1. The van der Waals surface area contributed by atoms with Crippen molar-refractivity contribution in [2.75, 3.05) is 0 Å². The van der Waals surface area contributed by atoms with Crippen molar-refractivity contribution in [2.45, 2.75) is 30.7 Å². The molecule has 0 bridgehead atoms. The lowest BCUT2D eigenvalue weighted by atomic mass is 9.89. The van der Waals surface area contributed by atoms with E-state index in [1.807, 2.05) is 0 Å². The van der Waals surface area contributed by atoms with E-state index in [2.05, 4.69) is 4.72 Å². The number of hydrogen-bond acceptors (Lipinski definition) is 5. The third-order valence-corrected chi connectivity index (χ3v) is 4.44. The minimum Gasteiger partial charge on any atom is -0.328 e. The quantitative estimate of drug-likeness (QED) is 0.604. The normalized spacial score (nSPS) is 22.8. The summed E-state index contributed by atoms with van der Waals surface area (Å²) in [5.41, 5.74) is 5.58. The van der Waals surface area contributed by atoms with Crippen LogP contribution in [0.25, 0.3) is 0 Å². The van der Waals surface area contributed by atoms with Gasteiger partial charge in [0.25, 0.3) is 5.69 Å². The van der Waals surface area contributed by atoms with E-state index in [0.29, 0.717) is 12.8 Å². The molecule has 1 saturated carbocycles. The number of rotatable bonds is 5. The topological polar surface area (TPSA) is 115 Å². The number of nitro benzene ring substituents is 1. The highest BCUT2D eigenvalue weighted by Crippen LogP contribution is 2.22. The van der Waals surface area contributed by atoms with Gasteiger partial charge in [0.05, 0.1) is 10.7 Å². The van der Waals surface area contributed by atoms with Crippen LogP contribution >= 0.6 is 0 Å². The summed E-state index contributed by atoms with van der Waals surface area (Å²) in [4.78, 5) is 10.2. The van der Waals surface area contributed by atoms with Gasteiger partial charge in [-0.05, 0) is 12.8 Å². The fourth-order valence-corrected chi connectivity index (χ4v) is 3.51. The van der Waals surface area contributed by atoms with Crippen molar-refractivity contribution >= 4 is 15.7 Å². The fourth-order valence-electron chi connectivity index (χ4n) is 2.07. The molecule has 0 unspecified atom stereocenters. The average Bonchev–Trinajstić information content (AvgIpc) is 2.26. The van der Waals surface area contributed by atoms with Gasteiger partial charge in [-0.3, -0.25) is 10.1 Å². The Bertz CT molecular complexity index is 581. The van der Waals surface area contributed by atoms with Gasteiger partial charge < -0.3 is 5.73 Å². The van der Waals surface area contributed by atoms with Gasteiger partial charge in [0.15, 0.2) is 0 Å². The molecular formula is C11H15N3O4S. The van der Waals surface area contributed by atoms with Crippen molar-refractivity contribution in [3.05, 3.63) is 39.9 Å². The summed E-state index contributed by atoms with van der Waals surface area (Å²) in [6.45, 7) is 0. The van der Waals surface area contributed by atoms with Gasteiger partial charge in [0, 0.05) is 23.7 Å². The number of nitrogens with zero attached hydrogens (tertiary/aromatic N) is 1. The fraction of sp³-hybridized carbons (Fsp3) is 0.455. The number of nitrogens with one attached hydrogen (secondary N) is 1. The van der Waals surface area contributed by atoms with Gasteiger partial charge in [0.1, 0.15) is 0 Å². The van der Waals surface area contributed by atoms with Crippen molar-refractivity contribution in [1.29, 1.82) is 0 Å². The number of nitrogens with two attached hydrogens (primary N) is 1. The van der Waals surface area contributed by atoms with E-state index in [1.165, 1.54) is 18.2 Å². The molecule has 1 fully saturated rings. The highest BCUT2D eigenvalue weighted by atomic mass is 32.2. The van der Waals surface area contributed by atoms with Crippen LogP contribution in [0.5, 0.6) is 0 Å². The van der Waals surface area contributed by atoms with Crippen LogP contribution in [0, 0.1) is 10.1 Å². The molecule has 0 spiro atoms. The lowest BCUT2D eigenvalue weighted by Crippen LogP contribution is -2.50. The summed E-state index contributed by atoms with van der Waals surface area (Å²) in [7, 11) is -3.58. The highest BCUT2D eigenvalue weighted by molar-refractivity contribution is 7.88. The van der Waals surface area contributed by atoms with E-state index in [9.17, 15) is 18.5 Å². The van der Waals surface area contributed by atoms with Crippen LogP contribution in [-0.2, 0) is 15.8 Å². The first-order chi connectivity index (χ1) is 8.87. The van der Waals surface area contributed by atoms with Gasteiger partial charge in [-0.15, -0.1) is 0 Å². The van der Waals surface area contributed by atoms with Crippen LogP contribution in [0.15, 0.2) is 24.3 Å². The van der Waals surface area contributed by atoms with Crippen LogP contribution in [0.3, 0.4) is 0 Å². The van der Waals surface area contributed by atoms with Crippen LogP contribution in [0.1, 0.15) is 18.4 Å². The third kappa shape index (κ3) is 3.49. The van der Waals surface area contributed by atoms with Crippen molar-refractivity contribution in [2.24, 2.45) is 5.73 Å². The van der Waals surface area contributed by atoms with Gasteiger partial charge in [0.2, 0.25) is 10.0 Å². The number of para-hydroxylation sites is 1. The minimum atomic E-state index is -3.58. The Labute approximate surface area is 111 Å². The molecule has 8 heteroatoms. The van der Waals surface area contributed by atoms with Crippen molar-refractivity contribution in [3.63, 3.8) is 0 Å². The Hall–Kier alpha value is -1.51. The van der Waals surface area contributed by atoms with Gasteiger partial charge in [-0.1, -0.05) is 18.2 Å². The Morgan fingerprint density at radius 1 is 1.37 bits per heavy atom. The molecule has 0 aromatic heterocycles. The summed E-state index contributed by atoms with van der Waals surface area (Å²) < 4.78 is 26.3. The lowest BCUT2D eigenvalue weighted by Gasteiger charge is -2.32. The maximum atomic E-state index is 11.9. The highest BCUT2D eigenvalue weighted by Gasteiger charge is 2.30. The Morgan fingerprint density at radius 3 is 2.58 bits per heavy atom. The van der Waals surface area contributed by atoms with E-state index < -0.39 is 20.7 Å². The molecule has 1 aliphatic carbocycles. The molecule has 104 valence electrons. The Kier molecular flexibility index (Phi) is 3.83. The molecule has 0 atom stereocenters. The summed E-state index contributed by atoms with van der Waals surface area (Å²) >= 11 is 0. The zero-order valence-corrected chi connectivity index (χ0v) is 11.0. The van der Waals surface area contributed by atoms with E-state index in [1.54, 1.807) is 6.07 Å². The molecule has 0 saturated heterocycles. The molecule has 0 heterocycles. The van der Waals surface area contributed by atoms with Crippen LogP contribution < -0.4 is 10.5 Å². The number of nitro groups is 1. The van der Waals surface area contributed by atoms with E-state index in [0.717, 1.165) is 0 Å². The molecule has 0 radical (unpaired) electrons. The molecule has 1 aromatic carbocycles. The first-order valence-electron chi connectivity index (χ1n) is 5.85. The lowest BCUT2D eigenvalue weighted by molar-refractivity contribution is -0.385. The van der Waals surface area contributed by atoms with Gasteiger partial charge in [-0.2, -0.15) is 0 Å². The molecule has 2 rings (SSSR count). The zero-order valence-electron chi connectivity index (χ0n) is 10.2. The van der Waals surface area contributed by atoms with Crippen molar-refractivity contribution in [3.8, 4) is 0 Å². The predicted octanol–water partition coefficient (Wildman–Crippen LogP) is 0.504. The second kappa shape index (κ2) is 5.24. The van der Waals surface area contributed by atoms with E-state index in [4.69, 9.17) is 5.73 Å². The molecule has 0 aliphatic heterocycles. The van der Waals surface area contributed by atoms with E-state index in [-0.39, 0.29) is 23.3 Å². The molecule has 1 aliphatic rings. The zero-order chi connectivity index (χ0) is 14.0. The van der Waals surface area contributed by atoms with Crippen LogP contribution in [0.4, 0.5) is 5.69 Å². The van der Waals surface area contributed by atoms with Crippen LogP contribution in [0.2, 0.25) is 0 Å². The predicted molar refractivity (Wildman–Crippen MR) is 69.9 cm³/mol. The Morgan fingerprint density at radius 2 is 2.00 bits per heavy atom. The second-order valence-corrected chi connectivity index (χ2v) is 6.45. The molecule has 0 amide bonds. The average molecular weight is 285 g/mol. The molecule has 19 heavy (non-hydrogen) atoms. The maximum Gasteiger partial charge on any atom is 0.273 e. The summed E-state index contributed by atoms with van der Waals surface area (Å²) in [6, 6.07) is 5.72. The summed E-state index contributed by atoms with van der Waals surface area (Å²) in [5.74, 6) is -0.393. The minimum absolute atomic E-state index is 0.0405. The van der Waals surface area contributed by atoms with Crippen LogP contribution in [-0.4, -0.2) is 25.4 Å². The van der Waals surface area contributed by atoms with Gasteiger partial charge >= 0.3 is 0 Å². The smallest absolute Gasteiger partial charge is 0.273 e. The Balaban J connectivity index is 2.09. The first kappa shape index (κ1) is 13.9. The summed E-state index contributed by atoms with van der Waals surface area (Å²) in [5, 5.41) is 10.8. The van der Waals surface area contributed by atoms with E-state index >= 15 is 0 Å². The van der Waals surface area contributed by atoms with Crippen molar-refractivity contribution < 1.29 is 13.3 Å². The number of benzene rings is 1. The second-order valence-electron chi connectivity index (χ2n) is 4.69. The molecular weight excluding hydrogens is 270 g/mol. The third-order valence-electron chi connectivity index (χ3n) is 3.05. The maximum absolute atomic E-state index is 11.9. The SMILES string of the molecule is NC1CC(NS(=O)(=O)Cc2ccccc2[N+](=O)[O-])C1. The molecule has 7 nitrogen and oxygen atoms in total. The molecule has 3 N–H and O–H groups in total. The first-order valence-corrected chi connectivity index (χ1v) is 7.50. The summed E-state index contributed by atoms with van der Waals surface area (Å²) in [6.07, 6.45) is 1.21. The number of hydrogen-bond donors (Lipinski definition) is 2. The standard InChI is InChI=1S/C11H15N3O4S/c12-9-5-10(6-9)13-19(17,18)7-8-3-1-2-4-11(8)14(15)16/h1-4,9-10,13H,5-7,12H2. The largest absolute Gasteiger partial charge is 0.328 e. The van der Waals surface area contributed by atoms with Gasteiger partial charge in [-0.25, -0.2) is 13.1 Å². The molecule has 1 aromatic rings.